The van der Waals surface area contributed by atoms with Crippen LogP contribution in [0.2, 0.25) is 0 Å². The summed E-state index contributed by atoms with van der Waals surface area (Å²) < 4.78 is 16.7. The molecule has 0 unspecified atom stereocenters. The zero-order valence-electron chi connectivity index (χ0n) is 19.0. The molecule has 3 amide bonds. The summed E-state index contributed by atoms with van der Waals surface area (Å²) in [5.41, 5.74) is 0.847. The predicted molar refractivity (Wildman–Crippen MR) is 119 cm³/mol. The number of nitrogens with zero attached hydrogens (tertiary/aromatic N) is 2. The van der Waals surface area contributed by atoms with Crippen LogP contribution in [-0.4, -0.2) is 48.7 Å². The van der Waals surface area contributed by atoms with Gasteiger partial charge in [-0.2, -0.15) is 0 Å². The van der Waals surface area contributed by atoms with Crippen LogP contribution in [0.25, 0.3) is 0 Å². The number of aryl methyl sites for hydroxylation is 1. The van der Waals surface area contributed by atoms with Crippen LogP contribution in [0.3, 0.4) is 0 Å². The quantitative estimate of drug-likeness (QED) is 0.524. The van der Waals surface area contributed by atoms with E-state index in [1.807, 2.05) is 25.1 Å². The van der Waals surface area contributed by atoms with E-state index < -0.39 is 41.3 Å². The lowest BCUT2D eigenvalue weighted by molar-refractivity contribution is -0.154. The van der Waals surface area contributed by atoms with Crippen molar-refractivity contribution in [3.8, 4) is 11.5 Å². The van der Waals surface area contributed by atoms with E-state index in [0.717, 1.165) is 11.1 Å². The molecule has 4 atom stereocenters. The molecule has 172 valence electrons. The second kappa shape index (κ2) is 7.50. The second-order valence-electron chi connectivity index (χ2n) is 8.83. The van der Waals surface area contributed by atoms with Crippen molar-refractivity contribution in [3.05, 3.63) is 53.6 Å². The number of imide groups is 1. The van der Waals surface area contributed by atoms with Gasteiger partial charge in [-0.05, 0) is 45.0 Å². The zero-order chi connectivity index (χ0) is 23.5. The van der Waals surface area contributed by atoms with E-state index in [2.05, 4.69) is 0 Å². The number of fused-ring (bicyclic) bond motifs is 5. The van der Waals surface area contributed by atoms with E-state index in [1.54, 1.807) is 50.1 Å². The Balaban J connectivity index is 1.66. The van der Waals surface area contributed by atoms with Gasteiger partial charge in [0.05, 0.1) is 38.0 Å². The minimum atomic E-state index is -1.39. The molecule has 8 heteroatoms. The highest BCUT2D eigenvalue weighted by Crippen LogP contribution is 2.58. The van der Waals surface area contributed by atoms with Crippen molar-refractivity contribution in [3.63, 3.8) is 0 Å². The van der Waals surface area contributed by atoms with Gasteiger partial charge in [-0.25, -0.2) is 9.69 Å². The number of methoxy groups -OCH3 is 1. The number of benzene rings is 2. The minimum absolute atomic E-state index is 0.182. The first-order valence-corrected chi connectivity index (χ1v) is 11.0. The summed E-state index contributed by atoms with van der Waals surface area (Å²) in [5, 5.41) is 0. The molecule has 0 aliphatic carbocycles. The molecule has 0 N–H and O–H groups in total. The molecule has 8 nitrogen and oxygen atoms in total. The highest BCUT2D eigenvalue weighted by atomic mass is 16.5. The maximum Gasteiger partial charge on any atom is 0.332 e. The number of ether oxygens (including phenoxy) is 3. The Morgan fingerprint density at radius 2 is 1.91 bits per heavy atom. The number of hydrogen-bond acceptors (Lipinski definition) is 6. The summed E-state index contributed by atoms with van der Waals surface area (Å²) in [6.07, 6.45) is 0. The highest BCUT2D eigenvalue weighted by molar-refractivity contribution is 6.24. The van der Waals surface area contributed by atoms with Crippen molar-refractivity contribution in [2.24, 2.45) is 11.8 Å². The zero-order valence-corrected chi connectivity index (χ0v) is 19.0. The van der Waals surface area contributed by atoms with Gasteiger partial charge >= 0.3 is 12.0 Å². The predicted octanol–water partition coefficient (Wildman–Crippen LogP) is 3.47. The average molecular weight is 450 g/mol. The van der Waals surface area contributed by atoms with Crippen LogP contribution < -0.4 is 14.4 Å². The number of esters is 1. The van der Waals surface area contributed by atoms with Crippen molar-refractivity contribution in [2.45, 2.75) is 32.4 Å². The third-order valence-electron chi connectivity index (χ3n) is 7.05. The fourth-order valence-electron chi connectivity index (χ4n) is 5.52. The van der Waals surface area contributed by atoms with Crippen molar-refractivity contribution in [2.75, 3.05) is 25.2 Å². The van der Waals surface area contributed by atoms with Crippen molar-refractivity contribution in [1.29, 1.82) is 0 Å². The van der Waals surface area contributed by atoms with Crippen LogP contribution in [0.15, 0.2) is 42.5 Å². The van der Waals surface area contributed by atoms with E-state index in [9.17, 15) is 14.4 Å². The maximum atomic E-state index is 13.9. The monoisotopic (exact) mass is 450 g/mol. The summed E-state index contributed by atoms with van der Waals surface area (Å²) in [4.78, 5) is 43.6. The fourth-order valence-corrected chi connectivity index (χ4v) is 5.52. The number of hydrogen-bond donors (Lipinski definition) is 0. The largest absolute Gasteiger partial charge is 0.497 e. The average Bonchev–Trinajstić information content (AvgIpc) is 3.19. The molecule has 2 fully saturated rings. The number of anilines is 1. The number of carbonyl (C=O) groups is 3. The molecule has 5 rings (SSSR count). The molecule has 0 aromatic heterocycles. The lowest BCUT2D eigenvalue weighted by atomic mass is 9.77. The lowest BCUT2D eigenvalue weighted by Crippen LogP contribution is -2.51. The molecule has 2 saturated heterocycles. The summed E-state index contributed by atoms with van der Waals surface area (Å²) in [7, 11) is 1.57. The van der Waals surface area contributed by atoms with Gasteiger partial charge in [0.2, 0.25) is 0 Å². The normalized spacial score (nSPS) is 27.6. The molecule has 0 spiro atoms. The van der Waals surface area contributed by atoms with Crippen LogP contribution in [0.1, 0.15) is 31.0 Å². The summed E-state index contributed by atoms with van der Waals surface area (Å²) >= 11 is 0. The van der Waals surface area contributed by atoms with Crippen molar-refractivity contribution < 1.29 is 28.6 Å². The van der Waals surface area contributed by atoms with Crippen LogP contribution in [0.4, 0.5) is 10.5 Å². The molecule has 3 aliphatic heterocycles. The first kappa shape index (κ1) is 21.3. The lowest BCUT2D eigenvalue weighted by Gasteiger charge is -2.34. The molecule has 3 heterocycles. The summed E-state index contributed by atoms with van der Waals surface area (Å²) in [5.74, 6) is -0.993. The van der Waals surface area contributed by atoms with Gasteiger partial charge in [0.1, 0.15) is 17.0 Å². The molecule has 0 bridgehead atoms. The third-order valence-corrected chi connectivity index (χ3v) is 7.05. The van der Waals surface area contributed by atoms with E-state index >= 15 is 0 Å². The van der Waals surface area contributed by atoms with Crippen molar-refractivity contribution >= 4 is 23.6 Å². The number of rotatable bonds is 4. The second-order valence-corrected chi connectivity index (χ2v) is 8.83. The Morgan fingerprint density at radius 1 is 1.18 bits per heavy atom. The fraction of sp³-hybridized carbons (Fsp3) is 0.400. The Kier molecular flexibility index (Phi) is 4.84. The molecule has 33 heavy (non-hydrogen) atoms. The Labute approximate surface area is 192 Å². The van der Waals surface area contributed by atoms with Gasteiger partial charge in [0.25, 0.3) is 5.91 Å². The molecule has 2 aromatic rings. The Bertz CT molecular complexity index is 1150. The minimum Gasteiger partial charge on any atom is -0.497 e. The Morgan fingerprint density at radius 3 is 2.58 bits per heavy atom. The Hall–Kier alpha value is -3.55. The van der Waals surface area contributed by atoms with E-state index in [4.69, 9.17) is 14.2 Å². The number of urea groups is 1. The van der Waals surface area contributed by atoms with E-state index in [-0.39, 0.29) is 13.2 Å². The van der Waals surface area contributed by atoms with Crippen LogP contribution in [-0.2, 0) is 14.3 Å². The highest BCUT2D eigenvalue weighted by Gasteiger charge is 2.72. The topological polar surface area (TPSA) is 85.4 Å². The molecular formula is C25H26N2O6. The van der Waals surface area contributed by atoms with Gasteiger partial charge in [-0.15, -0.1) is 0 Å². The molecule has 3 aliphatic rings. The molecule has 0 saturated carbocycles. The molecule has 0 radical (unpaired) electrons. The summed E-state index contributed by atoms with van der Waals surface area (Å²) in [6.45, 7) is 5.70. The van der Waals surface area contributed by atoms with Crippen LogP contribution >= 0.6 is 0 Å². The van der Waals surface area contributed by atoms with Gasteiger partial charge in [-0.3, -0.25) is 9.59 Å². The third kappa shape index (κ3) is 2.86. The van der Waals surface area contributed by atoms with Gasteiger partial charge in [0, 0.05) is 17.5 Å². The maximum absolute atomic E-state index is 13.9. The van der Waals surface area contributed by atoms with E-state index in [0.29, 0.717) is 17.2 Å². The SMILES string of the molecule is CCOC(=O)[C@@H]1[C@H]2COc3cc(OC)ccc3[C@H]2N2C(=O)N(c3ccc(C)cc3)C(=O)[C@@]12C. The number of carbonyl (C=O) groups excluding carboxylic acids is 3. The van der Waals surface area contributed by atoms with Crippen LogP contribution in [0, 0.1) is 18.8 Å². The first-order valence-electron chi connectivity index (χ1n) is 11.0. The smallest absolute Gasteiger partial charge is 0.332 e. The van der Waals surface area contributed by atoms with Gasteiger partial charge < -0.3 is 19.1 Å². The standard InChI is InChI=1S/C25H26N2O6/c1-5-32-22(28)20-18-13-33-19-12-16(31-4)10-11-17(19)21(18)27-24(30)26(23(29)25(20,27)3)15-8-6-14(2)7-9-15/h6-12,18,20-21H,5,13H2,1-4H3/t18-,20+,21-,25-/m1/s1. The summed E-state index contributed by atoms with van der Waals surface area (Å²) in [6, 6.07) is 11.6. The van der Waals surface area contributed by atoms with Crippen molar-refractivity contribution in [1.82, 2.24) is 4.90 Å². The number of amides is 3. The van der Waals surface area contributed by atoms with Gasteiger partial charge in [0.15, 0.2) is 0 Å². The molecular weight excluding hydrogens is 424 g/mol. The van der Waals surface area contributed by atoms with Crippen LogP contribution in [0.5, 0.6) is 11.5 Å². The van der Waals surface area contributed by atoms with Gasteiger partial charge in [-0.1, -0.05) is 17.7 Å². The first-order chi connectivity index (χ1) is 15.8. The molecule has 2 aromatic carbocycles. The van der Waals surface area contributed by atoms with E-state index in [1.165, 1.54) is 4.90 Å².